The topological polar surface area (TPSA) is 0 Å². The van der Waals surface area contributed by atoms with Gasteiger partial charge in [-0.25, -0.2) is 0 Å². The molecule has 0 unspecified atom stereocenters. The Labute approximate surface area is 77.0 Å². The van der Waals surface area contributed by atoms with Crippen LogP contribution in [-0.2, 0) is 32.7 Å². The second kappa shape index (κ2) is 217. The Hall–Kier alpha value is 1.10. The molecule has 0 aliphatic rings. The van der Waals surface area contributed by atoms with Gasteiger partial charge in [-0.2, -0.15) is 0 Å². The molecule has 0 aromatic heterocycles. The molecule has 7 heavy (non-hydrogen) atoms. The molecule has 0 atom stereocenters. The number of rotatable bonds is 0. The second-order valence-electron chi connectivity index (χ2n) is 0. The molecule has 0 N–H and O–H groups in total. The van der Waals surface area contributed by atoms with Crippen molar-refractivity contribution in [3.63, 3.8) is 0 Å². The third-order valence-corrected chi connectivity index (χ3v) is 0. The van der Waals surface area contributed by atoms with Crippen molar-refractivity contribution < 1.29 is 32.7 Å². The van der Waals surface area contributed by atoms with E-state index in [1.807, 2.05) is 0 Å². The predicted octanol–water partition coefficient (Wildman–Crippen LogP) is 3.81. The van der Waals surface area contributed by atoms with E-state index < -0.39 is 0 Å². The first-order chi connectivity index (χ1) is 0. The molecule has 0 fully saturated rings. The fourth-order valence-electron chi connectivity index (χ4n) is 0. The van der Waals surface area contributed by atoms with Gasteiger partial charge in [-0.05, 0) is 0 Å². The molecule has 0 amide bonds. The van der Waals surface area contributed by atoms with Gasteiger partial charge in [0, 0.05) is 32.7 Å². The molecule has 0 nitrogen and oxygen atoms in total. The van der Waals surface area contributed by atoms with Crippen LogP contribution >= 0.6 is 0 Å². The molecule has 51 valence electrons. The van der Waals surface area contributed by atoms with Gasteiger partial charge < -0.3 is 0 Å². The van der Waals surface area contributed by atoms with Gasteiger partial charge in [0.1, 0.15) is 0 Å². The molecule has 0 rings (SSSR count). The summed E-state index contributed by atoms with van der Waals surface area (Å²) in [4.78, 5) is 0. The summed E-state index contributed by atoms with van der Waals surface area (Å²) in [5.41, 5.74) is 0. The van der Waals surface area contributed by atoms with Crippen molar-refractivity contribution in [2.45, 2.75) is 44.6 Å². The zero-order valence-corrected chi connectivity index (χ0v) is 3.42. The van der Waals surface area contributed by atoms with Crippen LogP contribution in [0.2, 0.25) is 0 Å². The Balaban J connectivity index is 0. The van der Waals surface area contributed by atoms with Gasteiger partial charge in [-0.3, -0.25) is 0 Å². The quantitative estimate of drug-likeness (QED) is 0.538. The first kappa shape index (κ1) is 336. The fourth-order valence-corrected chi connectivity index (χ4v) is 0. The van der Waals surface area contributed by atoms with Crippen molar-refractivity contribution in [3.8, 4) is 0 Å². The zero-order valence-electron chi connectivity index (χ0n) is 0.577. The van der Waals surface area contributed by atoms with Crippen molar-refractivity contribution in [2.24, 2.45) is 0 Å². The number of hydrogen-bond acceptors (Lipinski definition) is 0. The van der Waals surface area contributed by atoms with Crippen molar-refractivity contribution in [1.29, 1.82) is 0 Å². The summed E-state index contributed by atoms with van der Waals surface area (Å²) in [6.07, 6.45) is 0. The molecule has 0 spiro atoms. The van der Waals surface area contributed by atoms with Crippen LogP contribution in [0.25, 0.3) is 0 Å². The molecule has 0 saturated carbocycles. The minimum atomic E-state index is 0. The van der Waals surface area contributed by atoms with E-state index in [2.05, 4.69) is 0 Å². The third-order valence-electron chi connectivity index (χ3n) is 0. The number of hydrogen-bond donors (Lipinski definition) is 0. The Bertz CT molecular complexity index is 4.14. The van der Waals surface area contributed by atoms with Gasteiger partial charge in [0.25, 0.3) is 0 Å². The van der Waals surface area contributed by atoms with E-state index in [1.54, 1.807) is 0 Å². The normalized spacial score (nSPS) is 0. The predicted molar refractivity (Wildman–Crippen MR) is 40.4 cm³/mol. The molecular weight excluding hydrogens is 161 g/mol. The van der Waals surface area contributed by atoms with Crippen molar-refractivity contribution in [1.82, 2.24) is 0 Å². The van der Waals surface area contributed by atoms with E-state index in [9.17, 15) is 0 Å². The second-order valence-corrected chi connectivity index (χ2v) is 0. The van der Waals surface area contributed by atoms with Crippen LogP contribution in [0.15, 0.2) is 0 Å². The van der Waals surface area contributed by atoms with Crippen molar-refractivity contribution in [2.75, 3.05) is 0 Å². The largest absolute Gasteiger partial charge is 0.0776 e. The summed E-state index contributed by atoms with van der Waals surface area (Å²) < 4.78 is 0. The minimum absolute atomic E-state index is 0. The summed E-state index contributed by atoms with van der Waals surface area (Å²) in [5, 5.41) is 0. The maximum Gasteiger partial charge on any atom is 0 e. The first-order valence-corrected chi connectivity index (χ1v) is 0. The Morgan fingerprint density at radius 2 is 0.286 bits per heavy atom. The summed E-state index contributed by atoms with van der Waals surface area (Å²) >= 11 is 0. The minimum Gasteiger partial charge on any atom is -0.0776 e. The van der Waals surface area contributed by atoms with Gasteiger partial charge in [-0.15, -0.1) is 0 Å². The van der Waals surface area contributed by atoms with Crippen LogP contribution in [0.5, 0.6) is 0 Å². The van der Waals surface area contributed by atoms with E-state index >= 15 is 0 Å². The van der Waals surface area contributed by atoms with E-state index in [4.69, 9.17) is 0 Å². The average molecular weight is 185 g/mol. The molecule has 0 aliphatic heterocycles. The molecule has 0 heterocycles. The standard InChI is InChI=1S/6CH4.Y/h6*1H4;. The van der Waals surface area contributed by atoms with Gasteiger partial charge in [-0.1, -0.05) is 44.6 Å². The fraction of sp³-hybridized carbons (Fsp3) is 1.00. The van der Waals surface area contributed by atoms with Crippen molar-refractivity contribution >= 4 is 0 Å². The maximum atomic E-state index is 0. The Morgan fingerprint density at radius 1 is 0.286 bits per heavy atom. The monoisotopic (exact) mass is 185 g/mol. The molecule has 0 aromatic carbocycles. The molecule has 0 bridgehead atoms. The van der Waals surface area contributed by atoms with Crippen LogP contribution in [-0.4, -0.2) is 0 Å². The summed E-state index contributed by atoms with van der Waals surface area (Å²) in [6, 6.07) is 0. The van der Waals surface area contributed by atoms with Gasteiger partial charge in [0.2, 0.25) is 0 Å². The molecular formula is C6H24Y. The van der Waals surface area contributed by atoms with Crippen LogP contribution in [0.3, 0.4) is 0 Å². The zero-order chi connectivity index (χ0) is 0. The third kappa shape index (κ3) is 152. The van der Waals surface area contributed by atoms with Gasteiger partial charge in [0.15, 0.2) is 0 Å². The average Bonchev–Trinajstić information content (AvgIpc) is 0. The van der Waals surface area contributed by atoms with Gasteiger partial charge >= 0.3 is 0 Å². The molecule has 0 aromatic rings. The Morgan fingerprint density at radius 3 is 0.286 bits per heavy atom. The van der Waals surface area contributed by atoms with Crippen LogP contribution in [0, 0.1) is 0 Å². The van der Waals surface area contributed by atoms with Gasteiger partial charge in [0.05, 0.1) is 0 Å². The maximum absolute atomic E-state index is 0. The summed E-state index contributed by atoms with van der Waals surface area (Å²) in [7, 11) is 0. The molecule has 1 radical (unpaired) electrons. The Kier molecular flexibility index (Phi) is 10400. The van der Waals surface area contributed by atoms with E-state index in [-0.39, 0.29) is 77.3 Å². The molecule has 0 aliphatic carbocycles. The smallest absolute Gasteiger partial charge is 0 e. The van der Waals surface area contributed by atoms with Crippen molar-refractivity contribution in [3.05, 3.63) is 0 Å². The van der Waals surface area contributed by atoms with Crippen LogP contribution in [0.4, 0.5) is 0 Å². The molecule has 1 heteroatoms. The van der Waals surface area contributed by atoms with E-state index in [0.29, 0.717) is 0 Å². The summed E-state index contributed by atoms with van der Waals surface area (Å²) in [6.45, 7) is 0. The van der Waals surface area contributed by atoms with Crippen LogP contribution < -0.4 is 0 Å². The van der Waals surface area contributed by atoms with Crippen LogP contribution in [0.1, 0.15) is 44.6 Å². The van der Waals surface area contributed by atoms with E-state index in [1.165, 1.54) is 0 Å². The molecule has 0 saturated heterocycles. The first-order valence-electron chi connectivity index (χ1n) is 0. The van der Waals surface area contributed by atoms with E-state index in [0.717, 1.165) is 0 Å². The SMILES string of the molecule is C.C.C.C.C.C.[Y]. The summed E-state index contributed by atoms with van der Waals surface area (Å²) in [5.74, 6) is 0.